The number of aliphatic carboxylic acids is 2. The Bertz CT molecular complexity index is 136. The van der Waals surface area contributed by atoms with Crippen molar-refractivity contribution in [2.24, 2.45) is 0 Å². The molecular weight excluding hydrogens is 240 g/mol. The Morgan fingerprint density at radius 2 is 1.33 bits per heavy atom. The van der Waals surface area contributed by atoms with E-state index in [0.29, 0.717) is 6.61 Å². The van der Waals surface area contributed by atoms with Crippen LogP contribution in [0.4, 0.5) is 0 Å². The van der Waals surface area contributed by atoms with Gasteiger partial charge in [0.15, 0.2) is 0 Å². The molecule has 0 fully saturated rings. The highest BCUT2D eigenvalue weighted by Gasteiger charge is 1.82. The highest BCUT2D eigenvalue weighted by Crippen LogP contribution is 1.78. The first-order valence-corrected chi connectivity index (χ1v) is 5.48. The van der Waals surface area contributed by atoms with Gasteiger partial charge in [-0.25, -0.2) is 0 Å². The molecule has 15 heavy (non-hydrogen) atoms. The molecule has 0 aromatic rings. The molecule has 0 aromatic heterocycles. The lowest BCUT2D eigenvalue weighted by molar-refractivity contribution is -0.134. The molecule has 0 aliphatic heterocycles. The van der Waals surface area contributed by atoms with Crippen molar-refractivity contribution < 1.29 is 24.9 Å². The number of aliphatic hydroxyl groups excluding tert-OH is 1. The summed E-state index contributed by atoms with van der Waals surface area (Å²) in [5.74, 6) is -1.93. The van der Waals surface area contributed by atoms with Crippen LogP contribution in [0.2, 0.25) is 0 Å². The van der Waals surface area contributed by atoms with Crippen molar-refractivity contribution in [3.8, 4) is 0 Å². The van der Waals surface area contributed by atoms with Crippen molar-refractivity contribution in [2.75, 3.05) is 18.1 Å². The lowest BCUT2D eigenvalue weighted by Gasteiger charge is -1.79. The number of carboxylic acid groups (broad SMARTS) is 2. The second kappa shape index (κ2) is 19.2. The van der Waals surface area contributed by atoms with Gasteiger partial charge in [0.1, 0.15) is 0 Å². The molecule has 0 heterocycles. The third kappa shape index (κ3) is 58.4. The molecule has 0 aromatic carbocycles. The summed E-state index contributed by atoms with van der Waals surface area (Å²) >= 11 is 6.83. The van der Waals surface area contributed by atoms with Gasteiger partial charge in [-0.2, -0.15) is 25.3 Å². The first-order valence-electron chi connectivity index (χ1n) is 4.22. The number of hydrogen-bond donors (Lipinski definition) is 5. The Labute approximate surface area is 100 Å². The molecule has 0 aliphatic rings. The topological polar surface area (TPSA) is 94.8 Å². The average Bonchev–Trinajstić information content (AvgIpc) is 2.20. The van der Waals surface area contributed by atoms with Crippen LogP contribution >= 0.6 is 25.3 Å². The zero-order valence-electron chi connectivity index (χ0n) is 8.59. The van der Waals surface area contributed by atoms with Crippen molar-refractivity contribution in [1.82, 2.24) is 0 Å². The van der Waals surface area contributed by atoms with E-state index in [0.717, 1.165) is 12.8 Å². The summed E-state index contributed by atoms with van der Waals surface area (Å²) in [6.45, 7) is 2.40. The van der Waals surface area contributed by atoms with Crippen LogP contribution in [0.1, 0.15) is 19.8 Å². The van der Waals surface area contributed by atoms with Crippen LogP contribution in [0.5, 0.6) is 0 Å². The Kier molecular flexibility index (Phi) is 25.7. The third-order valence-corrected chi connectivity index (χ3v) is 1.32. The minimum absolute atomic E-state index is 0.0833. The third-order valence-electron chi connectivity index (χ3n) is 0.782. The van der Waals surface area contributed by atoms with Crippen molar-refractivity contribution >= 4 is 37.2 Å². The van der Waals surface area contributed by atoms with Crippen LogP contribution < -0.4 is 0 Å². The molecule has 0 saturated carbocycles. The Hall–Kier alpha value is -0.400. The van der Waals surface area contributed by atoms with Gasteiger partial charge in [0.05, 0.1) is 11.5 Å². The van der Waals surface area contributed by atoms with Crippen LogP contribution in [-0.2, 0) is 9.59 Å². The number of aliphatic hydroxyl groups is 1. The second-order valence-corrected chi connectivity index (χ2v) is 2.81. The molecule has 3 N–H and O–H groups in total. The molecule has 92 valence electrons. The molecule has 0 saturated heterocycles. The predicted octanol–water partition coefficient (Wildman–Crippen LogP) is 0.780. The molecular formula is C8H18O5S2. The van der Waals surface area contributed by atoms with Crippen molar-refractivity contribution in [1.29, 1.82) is 0 Å². The monoisotopic (exact) mass is 258 g/mol. The van der Waals surface area contributed by atoms with Crippen LogP contribution in [0.15, 0.2) is 0 Å². The van der Waals surface area contributed by atoms with E-state index < -0.39 is 11.9 Å². The average molecular weight is 258 g/mol. The summed E-state index contributed by atoms with van der Waals surface area (Å²) in [6, 6.07) is 0. The standard InChI is InChI=1S/C4H10O.2C2H4O2S/c1-2-3-4-5;2*3-2(4)1-5/h5H,2-4H2,1H3;2*5H,1H2,(H,3,4). The van der Waals surface area contributed by atoms with E-state index in [-0.39, 0.29) is 11.5 Å². The van der Waals surface area contributed by atoms with Crippen molar-refractivity contribution in [2.45, 2.75) is 19.8 Å². The van der Waals surface area contributed by atoms with E-state index in [4.69, 9.17) is 15.3 Å². The van der Waals surface area contributed by atoms with E-state index >= 15 is 0 Å². The Morgan fingerprint density at radius 3 is 1.33 bits per heavy atom. The van der Waals surface area contributed by atoms with E-state index in [1.165, 1.54) is 0 Å². The van der Waals surface area contributed by atoms with Gasteiger partial charge in [-0.05, 0) is 6.42 Å². The summed E-state index contributed by atoms with van der Waals surface area (Å²) in [4.78, 5) is 18.6. The van der Waals surface area contributed by atoms with Gasteiger partial charge in [-0.1, -0.05) is 13.3 Å². The quantitative estimate of drug-likeness (QED) is 0.480. The molecule has 0 bridgehead atoms. The van der Waals surface area contributed by atoms with Crippen LogP contribution in [-0.4, -0.2) is 45.4 Å². The summed E-state index contributed by atoms with van der Waals surface area (Å²) in [7, 11) is 0. The fourth-order valence-electron chi connectivity index (χ4n) is 0.158. The number of rotatable bonds is 4. The van der Waals surface area contributed by atoms with Gasteiger partial charge >= 0.3 is 11.9 Å². The maximum Gasteiger partial charge on any atom is 0.313 e. The van der Waals surface area contributed by atoms with E-state index in [9.17, 15) is 9.59 Å². The van der Waals surface area contributed by atoms with Gasteiger partial charge in [0.2, 0.25) is 0 Å². The lowest BCUT2D eigenvalue weighted by Crippen LogP contribution is -1.92. The number of carboxylic acids is 2. The number of unbranched alkanes of at least 4 members (excludes halogenated alkanes) is 1. The maximum atomic E-state index is 9.29. The molecule has 0 amide bonds. The molecule has 0 radical (unpaired) electrons. The molecule has 0 unspecified atom stereocenters. The van der Waals surface area contributed by atoms with Crippen LogP contribution in [0.3, 0.4) is 0 Å². The van der Waals surface area contributed by atoms with E-state index in [2.05, 4.69) is 32.2 Å². The minimum Gasteiger partial charge on any atom is -0.481 e. The Balaban J connectivity index is -0.000000144. The zero-order chi connectivity index (χ0) is 12.7. The molecule has 0 atom stereocenters. The summed E-state index contributed by atoms with van der Waals surface area (Å²) in [5, 5.41) is 23.4. The minimum atomic E-state index is -0.881. The van der Waals surface area contributed by atoms with Crippen molar-refractivity contribution in [3.63, 3.8) is 0 Å². The number of thiol groups is 2. The second-order valence-electron chi connectivity index (χ2n) is 2.18. The normalized spacial score (nSPS) is 7.73. The maximum absolute atomic E-state index is 9.29. The molecule has 0 aliphatic carbocycles. The molecule has 0 spiro atoms. The largest absolute Gasteiger partial charge is 0.481 e. The van der Waals surface area contributed by atoms with E-state index in [1.807, 2.05) is 0 Å². The van der Waals surface area contributed by atoms with E-state index in [1.54, 1.807) is 0 Å². The number of hydrogen-bond acceptors (Lipinski definition) is 5. The van der Waals surface area contributed by atoms with Crippen molar-refractivity contribution in [3.05, 3.63) is 0 Å². The van der Waals surface area contributed by atoms with Gasteiger partial charge in [-0.15, -0.1) is 0 Å². The summed E-state index contributed by atoms with van der Waals surface area (Å²) in [5.41, 5.74) is 0. The van der Waals surface area contributed by atoms with Crippen LogP contribution in [0.25, 0.3) is 0 Å². The lowest BCUT2D eigenvalue weighted by atomic mass is 10.4. The number of carbonyl (C=O) groups is 2. The highest BCUT2D eigenvalue weighted by atomic mass is 32.1. The zero-order valence-corrected chi connectivity index (χ0v) is 10.4. The first-order chi connectivity index (χ1) is 6.95. The van der Waals surface area contributed by atoms with Gasteiger partial charge in [0, 0.05) is 6.61 Å². The fraction of sp³-hybridized carbons (Fsp3) is 0.750. The molecule has 5 nitrogen and oxygen atoms in total. The van der Waals surface area contributed by atoms with Crippen LogP contribution in [0, 0.1) is 0 Å². The van der Waals surface area contributed by atoms with Gasteiger partial charge < -0.3 is 15.3 Å². The summed E-state index contributed by atoms with van der Waals surface area (Å²) in [6.07, 6.45) is 2.04. The summed E-state index contributed by atoms with van der Waals surface area (Å²) < 4.78 is 0. The Morgan fingerprint density at radius 1 is 1.07 bits per heavy atom. The fourth-order valence-corrected chi connectivity index (χ4v) is 0.158. The molecule has 7 heteroatoms. The predicted molar refractivity (Wildman–Crippen MR) is 65.0 cm³/mol. The SMILES string of the molecule is CCCCO.O=C(O)CS.O=C(O)CS. The molecule has 0 rings (SSSR count). The smallest absolute Gasteiger partial charge is 0.313 e. The van der Waals surface area contributed by atoms with Gasteiger partial charge in [-0.3, -0.25) is 9.59 Å². The van der Waals surface area contributed by atoms with Gasteiger partial charge in [0.25, 0.3) is 0 Å². The first kappa shape index (κ1) is 20.1. The highest BCUT2D eigenvalue weighted by molar-refractivity contribution is 7.81.